The molecule has 53 heavy (non-hydrogen) atoms. The zero-order valence-electron chi connectivity index (χ0n) is 28.4. The fraction of sp³-hybridized carbons (Fsp3) is 0.200. The summed E-state index contributed by atoms with van der Waals surface area (Å²) >= 11 is 12.7. The molecule has 0 spiro atoms. The number of methoxy groups -OCH3 is 1. The summed E-state index contributed by atoms with van der Waals surface area (Å²) in [4.78, 5) is 58.6. The second-order valence-electron chi connectivity index (χ2n) is 13.3. The predicted molar refractivity (Wildman–Crippen MR) is 201 cm³/mol. The van der Waals surface area contributed by atoms with Crippen LogP contribution in [0.15, 0.2) is 125 Å². The van der Waals surface area contributed by atoms with E-state index in [2.05, 4.69) is 12.0 Å². The molecule has 2 aliphatic heterocycles. The number of carbonyl (C=O) groups excluding carboxylic acids is 2. The maximum Gasteiger partial charge on any atom is 0.352 e. The number of ether oxygens (including phenoxy) is 1. The van der Waals surface area contributed by atoms with E-state index < -0.39 is 46.5 Å². The molecule has 2 N–H and O–H groups in total. The van der Waals surface area contributed by atoms with Crippen molar-refractivity contribution in [2.24, 2.45) is 5.92 Å². The van der Waals surface area contributed by atoms with Crippen molar-refractivity contribution >= 4 is 40.7 Å². The number of fused-ring (bicyclic) bond motifs is 4. The van der Waals surface area contributed by atoms with Crippen LogP contribution < -0.4 is 21.5 Å². The van der Waals surface area contributed by atoms with Crippen LogP contribution >= 0.6 is 23.2 Å². The fourth-order valence-electron chi connectivity index (χ4n) is 8.41. The molecule has 4 atom stereocenters. The van der Waals surface area contributed by atoms with Crippen LogP contribution in [0.2, 0.25) is 10.0 Å². The number of allylic oxidation sites excluding steroid dienone is 3. The number of phenolic OH excluding ortho intramolecular Hbond substituents is 1. The average molecular weight is 751 g/mol. The Hall–Kier alpha value is -5.78. The number of para-hydroxylation sites is 2. The third kappa shape index (κ3) is 5.09. The number of nitrogens with one attached hydrogen (secondary N) is 1. The summed E-state index contributed by atoms with van der Waals surface area (Å²) < 4.78 is 9.33. The number of hydrogen-bond acceptors (Lipinski definition) is 7. The number of benzene rings is 4. The molecule has 268 valence electrons. The van der Waals surface area contributed by atoms with Crippen molar-refractivity contribution in [2.45, 2.75) is 36.8 Å². The Labute approximate surface area is 313 Å². The van der Waals surface area contributed by atoms with Gasteiger partial charge in [-0.25, -0.2) is 23.5 Å². The minimum Gasteiger partial charge on any atom is -0.507 e. The van der Waals surface area contributed by atoms with E-state index in [-0.39, 0.29) is 29.4 Å². The van der Waals surface area contributed by atoms with Gasteiger partial charge in [0.05, 0.1) is 47.4 Å². The molecule has 1 aliphatic carbocycles. The Morgan fingerprint density at radius 3 is 2.42 bits per heavy atom. The van der Waals surface area contributed by atoms with E-state index in [1.54, 1.807) is 91.0 Å². The quantitative estimate of drug-likeness (QED) is 0.144. The van der Waals surface area contributed by atoms with Crippen LogP contribution in [0.3, 0.4) is 0 Å². The Bertz CT molecular complexity index is 2470. The summed E-state index contributed by atoms with van der Waals surface area (Å²) in [5.41, 5.74) is 2.95. The lowest BCUT2D eigenvalue weighted by Gasteiger charge is -2.49. The SMILES string of the molecule is C=CCc1cccc(C2C3=CCn4c(=O)n(-c5ccccc5)c(=O)n4C3CC3C(=O)N(Nc4ccc(Cl)cc4Cl)C(=O)C32c2ccc(OC)cc2)c1O. The Kier molecular flexibility index (Phi) is 8.43. The highest BCUT2D eigenvalue weighted by Gasteiger charge is 2.69. The molecule has 2 fully saturated rings. The minimum atomic E-state index is -1.64. The maximum atomic E-state index is 15.4. The molecule has 3 heterocycles. The molecule has 0 radical (unpaired) electrons. The smallest absolute Gasteiger partial charge is 0.352 e. The van der Waals surface area contributed by atoms with Crippen molar-refractivity contribution in [2.75, 3.05) is 12.5 Å². The van der Waals surface area contributed by atoms with Gasteiger partial charge in [0.2, 0.25) is 0 Å². The molecule has 5 aromatic rings. The molecule has 3 aliphatic rings. The van der Waals surface area contributed by atoms with Gasteiger partial charge in [0.25, 0.3) is 11.8 Å². The number of halogens is 2. The van der Waals surface area contributed by atoms with Gasteiger partial charge in [0.1, 0.15) is 11.5 Å². The summed E-state index contributed by atoms with van der Waals surface area (Å²) in [6.07, 6.45) is 3.83. The van der Waals surface area contributed by atoms with Gasteiger partial charge in [0.15, 0.2) is 0 Å². The van der Waals surface area contributed by atoms with Crippen LogP contribution in [0.25, 0.3) is 5.69 Å². The molecule has 1 aromatic heterocycles. The molecule has 0 bridgehead atoms. The van der Waals surface area contributed by atoms with Gasteiger partial charge in [-0.3, -0.25) is 15.0 Å². The number of rotatable bonds is 8. The third-order valence-electron chi connectivity index (χ3n) is 10.7. The van der Waals surface area contributed by atoms with Gasteiger partial charge >= 0.3 is 11.4 Å². The van der Waals surface area contributed by atoms with Crippen LogP contribution in [0, 0.1) is 5.92 Å². The molecule has 4 unspecified atom stereocenters. The first-order valence-electron chi connectivity index (χ1n) is 17.0. The number of nitrogens with zero attached hydrogens (tertiary/aromatic N) is 4. The number of phenols is 1. The number of carbonyl (C=O) groups is 2. The van der Waals surface area contributed by atoms with Gasteiger partial charge in [-0.05, 0) is 72.0 Å². The van der Waals surface area contributed by atoms with Crippen molar-refractivity contribution in [3.8, 4) is 17.2 Å². The third-order valence-corrected chi connectivity index (χ3v) is 11.2. The van der Waals surface area contributed by atoms with Crippen molar-refractivity contribution in [3.63, 3.8) is 0 Å². The normalized spacial score (nSPS) is 21.8. The van der Waals surface area contributed by atoms with E-state index in [4.69, 9.17) is 27.9 Å². The topological polar surface area (TPSA) is 128 Å². The van der Waals surface area contributed by atoms with Crippen molar-refractivity contribution < 1.29 is 19.4 Å². The van der Waals surface area contributed by atoms with Crippen molar-refractivity contribution in [1.82, 2.24) is 18.9 Å². The van der Waals surface area contributed by atoms with E-state index in [1.807, 2.05) is 6.08 Å². The van der Waals surface area contributed by atoms with Crippen molar-refractivity contribution in [3.05, 3.63) is 163 Å². The standard InChI is InChI=1S/C40H33Cl2N5O6/c1-3-8-23-9-7-12-29(35(23)48)34-28-19-20-44-38(51)45(26-10-5-4-6-11-26)39(52)47(44)33(28)22-30-36(49)46(43-32-18-15-25(41)21-31(32)42)37(50)40(30,34)24-13-16-27(53-2)17-14-24/h3-7,9-19,21,30,33-34,43,48H,1,8,20,22H2,2H3. The Morgan fingerprint density at radius 2 is 1.72 bits per heavy atom. The zero-order valence-corrected chi connectivity index (χ0v) is 29.9. The highest BCUT2D eigenvalue weighted by atomic mass is 35.5. The summed E-state index contributed by atoms with van der Waals surface area (Å²) in [6.45, 7) is 3.86. The van der Waals surface area contributed by atoms with E-state index in [0.29, 0.717) is 45.1 Å². The monoisotopic (exact) mass is 749 g/mol. The molecule has 13 heteroatoms. The average Bonchev–Trinajstić information content (AvgIpc) is 3.54. The van der Waals surface area contributed by atoms with Gasteiger partial charge in [-0.15, -0.1) is 6.58 Å². The van der Waals surface area contributed by atoms with Crippen molar-refractivity contribution in [1.29, 1.82) is 0 Å². The zero-order chi connectivity index (χ0) is 37.2. The summed E-state index contributed by atoms with van der Waals surface area (Å²) in [6, 6.07) is 24.7. The number of aromatic nitrogens is 3. The van der Waals surface area contributed by atoms with Crippen LogP contribution in [-0.2, 0) is 28.0 Å². The predicted octanol–water partition coefficient (Wildman–Crippen LogP) is 6.17. The van der Waals surface area contributed by atoms with Crippen LogP contribution in [0.1, 0.15) is 35.1 Å². The molecular formula is C40H33Cl2N5O6. The second kappa shape index (κ2) is 13.0. The van der Waals surface area contributed by atoms with Gasteiger partial charge in [0, 0.05) is 16.5 Å². The highest BCUT2D eigenvalue weighted by molar-refractivity contribution is 6.36. The summed E-state index contributed by atoms with van der Waals surface area (Å²) in [5, 5.41) is 13.5. The number of hydrazine groups is 1. The highest BCUT2D eigenvalue weighted by Crippen LogP contribution is 2.63. The second-order valence-corrected chi connectivity index (χ2v) is 14.1. The molecule has 8 rings (SSSR count). The first-order chi connectivity index (χ1) is 25.6. The first kappa shape index (κ1) is 34.3. The lowest BCUT2D eigenvalue weighted by Crippen LogP contribution is -2.53. The molecule has 1 saturated heterocycles. The van der Waals surface area contributed by atoms with Gasteiger partial charge in [-0.2, -0.15) is 5.01 Å². The molecule has 11 nitrogen and oxygen atoms in total. The molecule has 2 amide bonds. The van der Waals surface area contributed by atoms with Crippen LogP contribution in [0.5, 0.6) is 11.5 Å². The number of amides is 2. The number of anilines is 1. The number of aromatic hydroxyl groups is 1. The first-order valence-corrected chi connectivity index (χ1v) is 17.7. The Balaban J connectivity index is 1.40. The maximum absolute atomic E-state index is 15.4. The fourth-order valence-corrected chi connectivity index (χ4v) is 8.86. The van der Waals surface area contributed by atoms with Gasteiger partial charge < -0.3 is 9.84 Å². The molecule has 1 saturated carbocycles. The van der Waals surface area contributed by atoms with Crippen LogP contribution in [-0.4, -0.2) is 43.0 Å². The molecular weight excluding hydrogens is 717 g/mol. The summed E-state index contributed by atoms with van der Waals surface area (Å²) in [7, 11) is 1.53. The van der Waals surface area contributed by atoms with Gasteiger partial charge in [-0.1, -0.05) is 83.9 Å². The largest absolute Gasteiger partial charge is 0.507 e. The minimum absolute atomic E-state index is 0.0111. The lowest BCUT2D eigenvalue weighted by atomic mass is 9.53. The molecule has 4 aromatic carbocycles. The van der Waals surface area contributed by atoms with E-state index in [0.717, 1.165) is 9.58 Å². The van der Waals surface area contributed by atoms with E-state index >= 15 is 4.79 Å². The van der Waals surface area contributed by atoms with Crippen LogP contribution in [0.4, 0.5) is 5.69 Å². The van der Waals surface area contributed by atoms with E-state index in [9.17, 15) is 19.5 Å². The Morgan fingerprint density at radius 1 is 0.962 bits per heavy atom. The van der Waals surface area contributed by atoms with E-state index in [1.165, 1.54) is 22.5 Å². The number of imide groups is 1. The number of hydrogen-bond donors (Lipinski definition) is 2. The summed E-state index contributed by atoms with van der Waals surface area (Å²) in [5.74, 6) is -2.75. The lowest BCUT2D eigenvalue weighted by molar-refractivity contribution is -0.138.